The first-order valence-electron chi connectivity index (χ1n) is 5.46. The lowest BCUT2D eigenvalue weighted by Crippen LogP contribution is -2.20. The SMILES string of the molecule is NS(=O)(=O)c1ccc(NC(=O)Cn2cccn2)c(F)c1. The van der Waals surface area contributed by atoms with E-state index in [0.29, 0.717) is 0 Å². The highest BCUT2D eigenvalue weighted by Gasteiger charge is 2.13. The number of aromatic nitrogens is 2. The number of halogens is 1. The zero-order valence-electron chi connectivity index (χ0n) is 10.2. The van der Waals surface area contributed by atoms with Crippen molar-refractivity contribution in [2.45, 2.75) is 11.4 Å². The van der Waals surface area contributed by atoms with Crippen LogP contribution in [0.25, 0.3) is 0 Å². The van der Waals surface area contributed by atoms with Crippen LogP contribution in [-0.2, 0) is 21.4 Å². The van der Waals surface area contributed by atoms with Crippen LogP contribution in [0.4, 0.5) is 10.1 Å². The zero-order chi connectivity index (χ0) is 14.8. The van der Waals surface area contributed by atoms with E-state index in [1.54, 1.807) is 12.3 Å². The normalized spacial score (nSPS) is 11.3. The summed E-state index contributed by atoms with van der Waals surface area (Å²) in [7, 11) is -3.98. The molecule has 1 aromatic carbocycles. The van der Waals surface area contributed by atoms with Gasteiger partial charge in [0.2, 0.25) is 15.9 Å². The Morgan fingerprint density at radius 2 is 2.20 bits per heavy atom. The summed E-state index contributed by atoms with van der Waals surface area (Å²) in [5.41, 5.74) is -0.130. The van der Waals surface area contributed by atoms with E-state index in [9.17, 15) is 17.6 Å². The number of sulfonamides is 1. The van der Waals surface area contributed by atoms with Crippen molar-refractivity contribution in [2.75, 3.05) is 5.32 Å². The Balaban J connectivity index is 2.12. The topological polar surface area (TPSA) is 107 Å². The number of anilines is 1. The van der Waals surface area contributed by atoms with Gasteiger partial charge in [-0.1, -0.05) is 0 Å². The number of hydrogen-bond acceptors (Lipinski definition) is 4. The van der Waals surface area contributed by atoms with Crippen molar-refractivity contribution in [1.82, 2.24) is 9.78 Å². The quantitative estimate of drug-likeness (QED) is 0.846. The van der Waals surface area contributed by atoms with Gasteiger partial charge in [0.25, 0.3) is 0 Å². The molecule has 0 aliphatic carbocycles. The van der Waals surface area contributed by atoms with Crippen molar-refractivity contribution < 1.29 is 17.6 Å². The molecule has 1 heterocycles. The number of primary sulfonamides is 1. The Morgan fingerprint density at radius 1 is 1.45 bits per heavy atom. The number of rotatable bonds is 4. The van der Waals surface area contributed by atoms with Gasteiger partial charge in [-0.3, -0.25) is 9.48 Å². The van der Waals surface area contributed by atoms with Gasteiger partial charge in [0.05, 0.1) is 10.6 Å². The molecule has 0 aliphatic heterocycles. The maximum atomic E-state index is 13.7. The van der Waals surface area contributed by atoms with Crippen LogP contribution >= 0.6 is 0 Å². The first-order valence-corrected chi connectivity index (χ1v) is 7.00. The number of nitrogens with one attached hydrogen (secondary N) is 1. The summed E-state index contributed by atoms with van der Waals surface area (Å²) in [5.74, 6) is -1.37. The minimum absolute atomic E-state index is 0.0800. The molecule has 7 nitrogen and oxygen atoms in total. The fraction of sp³-hybridized carbons (Fsp3) is 0.0909. The summed E-state index contributed by atoms with van der Waals surface area (Å²) in [5, 5.41) is 11.0. The molecular weight excluding hydrogens is 287 g/mol. The Bertz CT molecular complexity index is 728. The maximum absolute atomic E-state index is 13.7. The number of nitrogens with zero attached hydrogens (tertiary/aromatic N) is 2. The second kappa shape index (κ2) is 5.39. The molecule has 0 saturated heterocycles. The average Bonchev–Trinajstić information content (AvgIpc) is 2.83. The molecule has 20 heavy (non-hydrogen) atoms. The summed E-state index contributed by atoms with van der Waals surface area (Å²) in [6.45, 7) is -0.0800. The molecule has 106 valence electrons. The molecule has 0 radical (unpaired) electrons. The minimum Gasteiger partial charge on any atom is -0.322 e. The molecule has 2 aromatic rings. The zero-order valence-corrected chi connectivity index (χ0v) is 11.0. The summed E-state index contributed by atoms with van der Waals surface area (Å²) in [6, 6.07) is 4.64. The summed E-state index contributed by atoms with van der Waals surface area (Å²) in [4.78, 5) is 11.3. The molecule has 0 saturated carbocycles. The highest BCUT2D eigenvalue weighted by molar-refractivity contribution is 7.89. The Hall–Kier alpha value is -2.26. The Morgan fingerprint density at radius 3 is 2.75 bits per heavy atom. The van der Waals surface area contributed by atoms with Crippen molar-refractivity contribution >= 4 is 21.6 Å². The lowest BCUT2D eigenvalue weighted by Gasteiger charge is -2.07. The number of nitrogens with two attached hydrogens (primary N) is 1. The Labute approximate surface area is 114 Å². The second-order valence-corrected chi connectivity index (χ2v) is 5.50. The van der Waals surface area contributed by atoms with E-state index in [-0.39, 0.29) is 17.1 Å². The summed E-state index contributed by atoms with van der Waals surface area (Å²) >= 11 is 0. The number of benzene rings is 1. The molecule has 1 aromatic heterocycles. The number of hydrogen-bond donors (Lipinski definition) is 2. The molecule has 9 heteroatoms. The van der Waals surface area contributed by atoms with E-state index in [2.05, 4.69) is 10.4 Å². The van der Waals surface area contributed by atoms with Gasteiger partial charge in [-0.15, -0.1) is 0 Å². The first kappa shape index (κ1) is 14.2. The van der Waals surface area contributed by atoms with Crippen molar-refractivity contribution in [2.24, 2.45) is 5.14 Å². The lowest BCUT2D eigenvalue weighted by atomic mass is 10.3. The van der Waals surface area contributed by atoms with E-state index >= 15 is 0 Å². The second-order valence-electron chi connectivity index (χ2n) is 3.94. The molecular formula is C11H11FN4O3S. The highest BCUT2D eigenvalue weighted by atomic mass is 32.2. The van der Waals surface area contributed by atoms with Crippen LogP contribution in [-0.4, -0.2) is 24.1 Å². The molecule has 0 atom stereocenters. The molecule has 0 spiro atoms. The lowest BCUT2D eigenvalue weighted by molar-refractivity contribution is -0.116. The van der Waals surface area contributed by atoms with Gasteiger partial charge in [-0.2, -0.15) is 5.10 Å². The standard InChI is InChI=1S/C11H11FN4O3S/c12-9-6-8(20(13,18)19)2-3-10(9)15-11(17)7-16-5-1-4-14-16/h1-6H,7H2,(H,15,17)(H2,13,18,19). The van der Waals surface area contributed by atoms with E-state index in [1.807, 2.05) is 0 Å². The molecule has 3 N–H and O–H groups in total. The largest absolute Gasteiger partial charge is 0.322 e. The van der Waals surface area contributed by atoms with E-state index in [4.69, 9.17) is 5.14 Å². The van der Waals surface area contributed by atoms with Crippen molar-refractivity contribution in [3.05, 3.63) is 42.5 Å². The fourth-order valence-corrected chi connectivity index (χ4v) is 2.03. The van der Waals surface area contributed by atoms with E-state index in [1.165, 1.54) is 10.9 Å². The Kier molecular flexibility index (Phi) is 3.81. The van der Waals surface area contributed by atoms with Crippen LogP contribution in [0.15, 0.2) is 41.6 Å². The van der Waals surface area contributed by atoms with Gasteiger partial charge < -0.3 is 5.32 Å². The third-order valence-corrected chi connectivity index (χ3v) is 3.32. The van der Waals surface area contributed by atoms with Crippen molar-refractivity contribution in [1.29, 1.82) is 0 Å². The van der Waals surface area contributed by atoms with Gasteiger partial charge in [0, 0.05) is 12.4 Å². The molecule has 0 aliphatic rings. The number of amides is 1. The molecule has 2 rings (SSSR count). The van der Waals surface area contributed by atoms with Crippen LogP contribution < -0.4 is 10.5 Å². The van der Waals surface area contributed by atoms with E-state index < -0.39 is 21.7 Å². The predicted molar refractivity (Wildman–Crippen MR) is 68.6 cm³/mol. The third kappa shape index (κ3) is 3.39. The minimum atomic E-state index is -3.98. The molecule has 0 fully saturated rings. The first-order chi connectivity index (χ1) is 9.36. The fourth-order valence-electron chi connectivity index (χ4n) is 1.51. The molecule has 1 amide bonds. The van der Waals surface area contributed by atoms with Gasteiger partial charge in [0.1, 0.15) is 12.4 Å². The van der Waals surface area contributed by atoms with Crippen LogP contribution in [0, 0.1) is 5.82 Å². The highest BCUT2D eigenvalue weighted by Crippen LogP contribution is 2.18. The van der Waals surface area contributed by atoms with Crippen LogP contribution in [0.1, 0.15) is 0 Å². The average molecular weight is 298 g/mol. The summed E-state index contributed by atoms with van der Waals surface area (Å²) in [6.07, 6.45) is 3.09. The van der Waals surface area contributed by atoms with Gasteiger partial charge in [0.15, 0.2) is 0 Å². The molecule has 0 bridgehead atoms. The number of carbonyl (C=O) groups excluding carboxylic acids is 1. The predicted octanol–water partition coefficient (Wildman–Crippen LogP) is 0.308. The van der Waals surface area contributed by atoms with Crippen LogP contribution in [0.3, 0.4) is 0 Å². The smallest absolute Gasteiger partial charge is 0.246 e. The van der Waals surface area contributed by atoms with Gasteiger partial charge in [-0.05, 0) is 24.3 Å². The van der Waals surface area contributed by atoms with Crippen LogP contribution in [0.2, 0.25) is 0 Å². The maximum Gasteiger partial charge on any atom is 0.246 e. The van der Waals surface area contributed by atoms with Crippen molar-refractivity contribution in [3.8, 4) is 0 Å². The van der Waals surface area contributed by atoms with Crippen LogP contribution in [0.5, 0.6) is 0 Å². The third-order valence-electron chi connectivity index (χ3n) is 2.41. The van der Waals surface area contributed by atoms with Gasteiger partial charge >= 0.3 is 0 Å². The monoisotopic (exact) mass is 298 g/mol. The molecule has 0 unspecified atom stereocenters. The van der Waals surface area contributed by atoms with Crippen molar-refractivity contribution in [3.63, 3.8) is 0 Å². The number of carbonyl (C=O) groups is 1. The van der Waals surface area contributed by atoms with E-state index in [0.717, 1.165) is 18.2 Å². The summed E-state index contributed by atoms with van der Waals surface area (Å²) < 4.78 is 37.1. The van der Waals surface area contributed by atoms with Gasteiger partial charge in [-0.25, -0.2) is 17.9 Å².